The number of rotatable bonds is 6. The minimum Gasteiger partial charge on any atom is -0.497 e. The molecule has 0 aliphatic carbocycles. The van der Waals surface area contributed by atoms with E-state index in [1.807, 2.05) is 19.2 Å². The van der Waals surface area contributed by atoms with E-state index in [9.17, 15) is 8.42 Å². The van der Waals surface area contributed by atoms with Gasteiger partial charge in [-0.25, -0.2) is 8.42 Å². The van der Waals surface area contributed by atoms with E-state index in [1.54, 1.807) is 14.2 Å². The number of sulfone groups is 1. The molecule has 1 aliphatic heterocycles. The number of benzene rings is 1. The maximum Gasteiger partial charge on any atom is 0.193 e. The monoisotopic (exact) mass is 560 g/mol. The topological polar surface area (TPSA) is 75.9 Å². The van der Waals surface area contributed by atoms with Crippen molar-refractivity contribution >= 4 is 39.8 Å². The quantitative estimate of drug-likeness (QED) is 0.334. The molecule has 0 bridgehead atoms. The van der Waals surface area contributed by atoms with E-state index in [2.05, 4.69) is 51.8 Å². The summed E-state index contributed by atoms with van der Waals surface area (Å²) in [4.78, 5) is 6.45. The predicted octanol–water partition coefficient (Wildman–Crippen LogP) is 3.16. The highest BCUT2D eigenvalue weighted by Crippen LogP contribution is 2.24. The summed E-state index contributed by atoms with van der Waals surface area (Å²) in [7, 11) is 2.56. The average Bonchev–Trinajstić information content (AvgIpc) is 3.20. The van der Waals surface area contributed by atoms with E-state index >= 15 is 0 Å². The zero-order valence-corrected chi connectivity index (χ0v) is 22.0. The number of hydrogen-bond acceptors (Lipinski definition) is 4. The first-order valence-electron chi connectivity index (χ1n) is 10.2. The maximum absolute atomic E-state index is 11.7. The molecule has 0 amide bonds. The van der Waals surface area contributed by atoms with Gasteiger partial charge in [0.15, 0.2) is 15.8 Å². The molecule has 2 aromatic rings. The highest BCUT2D eigenvalue weighted by molar-refractivity contribution is 14.0. The number of nitrogens with one attached hydrogen (secondary N) is 1. The van der Waals surface area contributed by atoms with Crippen LogP contribution in [0.3, 0.4) is 0 Å². The number of nitrogens with zero attached hydrogens (tertiary/aromatic N) is 3. The number of methoxy groups -OCH3 is 1. The van der Waals surface area contributed by atoms with E-state index in [4.69, 9.17) is 4.74 Å². The first kappa shape index (κ1) is 25.5. The molecule has 0 radical (unpaired) electrons. The second-order valence-corrected chi connectivity index (χ2v) is 10.2. The lowest BCUT2D eigenvalue weighted by molar-refractivity contribution is 0.414. The van der Waals surface area contributed by atoms with Crippen molar-refractivity contribution in [2.24, 2.45) is 10.9 Å². The van der Waals surface area contributed by atoms with Gasteiger partial charge >= 0.3 is 0 Å². The van der Waals surface area contributed by atoms with Crippen molar-refractivity contribution in [3.05, 3.63) is 47.3 Å². The van der Waals surface area contributed by atoms with E-state index in [-0.39, 0.29) is 35.6 Å². The zero-order chi connectivity index (χ0) is 21.9. The molecule has 1 unspecified atom stereocenters. The van der Waals surface area contributed by atoms with Gasteiger partial charge in [-0.15, -0.1) is 24.0 Å². The molecule has 1 aromatic heterocycles. The predicted molar refractivity (Wildman–Crippen MR) is 137 cm³/mol. The van der Waals surface area contributed by atoms with Crippen LogP contribution in [-0.2, 0) is 16.4 Å². The lowest BCUT2D eigenvalue weighted by Crippen LogP contribution is -2.41. The zero-order valence-electron chi connectivity index (χ0n) is 18.9. The molecule has 1 saturated heterocycles. The largest absolute Gasteiger partial charge is 0.497 e. The van der Waals surface area contributed by atoms with E-state index in [0.717, 1.165) is 23.8 Å². The summed E-state index contributed by atoms with van der Waals surface area (Å²) in [6.07, 6.45) is 0.721. The molecule has 9 heteroatoms. The second-order valence-electron chi connectivity index (χ2n) is 7.98. The smallest absolute Gasteiger partial charge is 0.193 e. The van der Waals surface area contributed by atoms with Crippen LogP contribution in [0.15, 0.2) is 35.3 Å². The van der Waals surface area contributed by atoms with Crippen LogP contribution in [0.5, 0.6) is 5.75 Å². The Bertz CT molecular complexity index is 1020. The van der Waals surface area contributed by atoms with Crippen molar-refractivity contribution < 1.29 is 13.2 Å². The normalized spacial score (nSPS) is 17.8. The number of aliphatic imine (C=N–C) groups is 1. The van der Waals surface area contributed by atoms with Gasteiger partial charge in [0.25, 0.3) is 0 Å². The Morgan fingerprint density at radius 2 is 1.97 bits per heavy atom. The Balaban J connectivity index is 0.00000341. The molecule has 172 valence electrons. The number of ether oxygens (including phenoxy) is 1. The van der Waals surface area contributed by atoms with Crippen LogP contribution in [-0.4, -0.2) is 63.1 Å². The van der Waals surface area contributed by atoms with Crippen molar-refractivity contribution in [3.63, 3.8) is 0 Å². The van der Waals surface area contributed by atoms with Crippen LogP contribution in [0, 0.1) is 19.8 Å². The minimum absolute atomic E-state index is 0. The number of guanidine groups is 1. The number of hydrogen-bond donors (Lipinski definition) is 1. The Kier molecular flexibility index (Phi) is 8.82. The molecule has 0 spiro atoms. The van der Waals surface area contributed by atoms with Gasteiger partial charge in [0.05, 0.1) is 18.6 Å². The van der Waals surface area contributed by atoms with Crippen molar-refractivity contribution in [1.29, 1.82) is 0 Å². The third-order valence-corrected chi connectivity index (χ3v) is 7.56. The maximum atomic E-state index is 11.7. The van der Waals surface area contributed by atoms with Gasteiger partial charge in [-0.3, -0.25) is 4.99 Å². The van der Waals surface area contributed by atoms with Gasteiger partial charge < -0.3 is 19.5 Å². The summed E-state index contributed by atoms with van der Waals surface area (Å²) in [5, 5.41) is 3.35. The summed E-state index contributed by atoms with van der Waals surface area (Å²) in [5.74, 6) is 2.33. The van der Waals surface area contributed by atoms with Gasteiger partial charge in [-0.1, -0.05) is 0 Å². The molecule has 1 fully saturated rings. The number of aromatic nitrogens is 1. The molecule has 1 aliphatic rings. The highest BCUT2D eigenvalue weighted by Gasteiger charge is 2.28. The summed E-state index contributed by atoms with van der Waals surface area (Å²) >= 11 is 0. The fourth-order valence-electron chi connectivity index (χ4n) is 4.10. The Morgan fingerprint density at radius 1 is 1.29 bits per heavy atom. The Morgan fingerprint density at radius 3 is 2.52 bits per heavy atom. The van der Waals surface area contributed by atoms with E-state index < -0.39 is 9.84 Å². The molecule has 3 rings (SSSR count). The summed E-state index contributed by atoms with van der Waals surface area (Å²) in [6.45, 7) is 5.56. The third kappa shape index (κ3) is 6.15. The molecule has 2 heterocycles. The first-order chi connectivity index (χ1) is 14.2. The summed E-state index contributed by atoms with van der Waals surface area (Å²) < 4.78 is 30.9. The molecule has 7 nitrogen and oxygen atoms in total. The molecule has 1 aromatic carbocycles. The number of aryl methyl sites for hydroxylation is 1. The third-order valence-electron chi connectivity index (χ3n) is 5.72. The first-order valence-corrected chi connectivity index (χ1v) is 12.0. The average molecular weight is 561 g/mol. The van der Waals surface area contributed by atoms with Gasteiger partial charge in [-0.05, 0) is 62.1 Å². The van der Waals surface area contributed by atoms with Crippen LogP contribution < -0.4 is 10.1 Å². The van der Waals surface area contributed by atoms with Crippen LogP contribution >= 0.6 is 24.0 Å². The van der Waals surface area contributed by atoms with Crippen molar-refractivity contribution in [1.82, 2.24) is 14.8 Å². The van der Waals surface area contributed by atoms with Crippen LogP contribution in [0.2, 0.25) is 0 Å². The second kappa shape index (κ2) is 10.7. The molecular formula is C22H33IN4O3S. The Labute approximate surface area is 202 Å². The fourth-order valence-corrected chi connectivity index (χ4v) is 5.96. The van der Waals surface area contributed by atoms with Crippen molar-refractivity contribution in [2.45, 2.75) is 26.8 Å². The molecule has 31 heavy (non-hydrogen) atoms. The molecule has 1 N–H and O–H groups in total. The SMILES string of the molecule is CN=C(NCC1CCS(=O)(=O)C1)N(C)Cc1cc(C)n(-c2ccc(OC)cc2)c1C.I. The van der Waals surface area contributed by atoms with Gasteiger partial charge in [0.1, 0.15) is 5.75 Å². The van der Waals surface area contributed by atoms with Gasteiger partial charge in [0.2, 0.25) is 0 Å². The van der Waals surface area contributed by atoms with Gasteiger partial charge in [-0.2, -0.15) is 0 Å². The summed E-state index contributed by atoms with van der Waals surface area (Å²) in [6, 6.07) is 10.3. The van der Waals surface area contributed by atoms with Crippen LogP contribution in [0.4, 0.5) is 0 Å². The fraction of sp³-hybridized carbons (Fsp3) is 0.500. The summed E-state index contributed by atoms with van der Waals surface area (Å²) in [5.41, 5.74) is 4.67. The molecular weight excluding hydrogens is 527 g/mol. The Hall–Kier alpha value is -1.75. The minimum atomic E-state index is -2.86. The van der Waals surface area contributed by atoms with E-state index in [1.165, 1.54) is 17.0 Å². The van der Waals surface area contributed by atoms with E-state index in [0.29, 0.717) is 18.8 Å². The number of halogens is 1. The molecule has 1 atom stereocenters. The lowest BCUT2D eigenvalue weighted by atomic mass is 10.1. The van der Waals surface area contributed by atoms with Gasteiger partial charge in [0, 0.05) is 44.3 Å². The van der Waals surface area contributed by atoms with Crippen LogP contribution in [0.25, 0.3) is 5.69 Å². The van der Waals surface area contributed by atoms with Crippen LogP contribution in [0.1, 0.15) is 23.4 Å². The lowest BCUT2D eigenvalue weighted by Gasteiger charge is -2.23. The van der Waals surface area contributed by atoms with Crippen molar-refractivity contribution in [3.8, 4) is 11.4 Å². The standard InChI is InChI=1S/C22H32N4O3S.HI/c1-16-12-19(17(2)26(16)20-6-8-21(29-5)9-7-20)14-25(4)22(23-3)24-13-18-10-11-30(27,28)15-18;/h6-9,12,18H,10-11,13-15H2,1-5H3,(H,23,24);1H. The van der Waals surface area contributed by atoms with Crippen molar-refractivity contribution in [2.75, 3.05) is 39.3 Å². The molecule has 0 saturated carbocycles. The highest BCUT2D eigenvalue weighted by atomic mass is 127.